The molecule has 136 valence electrons. The summed E-state index contributed by atoms with van der Waals surface area (Å²) in [4.78, 5) is 8.52. The normalized spacial score (nSPS) is 15.7. The zero-order valence-corrected chi connectivity index (χ0v) is 15.9. The smallest absolute Gasteiger partial charge is 0.230 e. The lowest BCUT2D eigenvalue weighted by molar-refractivity contribution is 0.205. The van der Waals surface area contributed by atoms with Crippen LogP contribution in [0.5, 0.6) is 5.88 Å². The average Bonchev–Trinajstić information content (AvgIpc) is 3.20. The topological polar surface area (TPSA) is 53.7 Å². The lowest BCUT2D eigenvalue weighted by Gasteiger charge is -2.35. The molecule has 27 heavy (non-hydrogen) atoms. The van der Waals surface area contributed by atoms with E-state index in [4.69, 9.17) is 0 Å². The summed E-state index contributed by atoms with van der Waals surface area (Å²) in [5, 5.41) is 15.2. The Balaban J connectivity index is 1.61. The van der Waals surface area contributed by atoms with E-state index in [1.807, 2.05) is 13.0 Å². The van der Waals surface area contributed by atoms with Gasteiger partial charge in [0.1, 0.15) is 5.82 Å². The Bertz CT molecular complexity index is 1100. The van der Waals surface area contributed by atoms with E-state index in [0.717, 1.165) is 29.3 Å². The van der Waals surface area contributed by atoms with Gasteiger partial charge < -0.3 is 5.11 Å². The fraction of sp³-hybridized carbons (Fsp3) is 0.238. The molecule has 0 bridgehead atoms. The molecule has 1 atom stereocenters. The van der Waals surface area contributed by atoms with E-state index in [2.05, 4.69) is 63.5 Å². The lowest BCUT2D eigenvalue weighted by Crippen LogP contribution is -2.34. The van der Waals surface area contributed by atoms with Crippen molar-refractivity contribution in [1.82, 2.24) is 19.5 Å². The highest BCUT2D eigenvalue weighted by Gasteiger charge is 2.31. The molecule has 0 saturated heterocycles. The van der Waals surface area contributed by atoms with Gasteiger partial charge in [0.2, 0.25) is 10.8 Å². The molecule has 0 amide bonds. The molecule has 0 aliphatic carbocycles. The minimum Gasteiger partial charge on any atom is -0.492 e. The van der Waals surface area contributed by atoms with Gasteiger partial charge in [-0.3, -0.25) is 4.90 Å². The van der Waals surface area contributed by atoms with Gasteiger partial charge in [-0.2, -0.15) is 4.52 Å². The van der Waals surface area contributed by atoms with Crippen LogP contribution in [0.3, 0.4) is 0 Å². The van der Waals surface area contributed by atoms with E-state index in [0.29, 0.717) is 5.82 Å². The first-order valence-electron chi connectivity index (χ1n) is 9.11. The highest BCUT2D eigenvalue weighted by atomic mass is 32.1. The number of fused-ring (bicyclic) bond motifs is 2. The number of aromatic nitrogens is 3. The van der Waals surface area contributed by atoms with Crippen molar-refractivity contribution in [3.05, 3.63) is 82.0 Å². The van der Waals surface area contributed by atoms with Crippen LogP contribution in [0.1, 0.15) is 33.4 Å². The van der Waals surface area contributed by atoms with Gasteiger partial charge in [0.05, 0.1) is 10.9 Å². The van der Waals surface area contributed by atoms with Crippen LogP contribution in [-0.2, 0) is 13.0 Å². The summed E-state index contributed by atoms with van der Waals surface area (Å²) in [6.07, 6.45) is 1.01. The first-order chi connectivity index (χ1) is 13.2. The molecule has 5 nitrogen and oxygen atoms in total. The minimum atomic E-state index is -0.0200. The molecule has 0 saturated carbocycles. The molecule has 6 heteroatoms. The SMILES string of the molecule is Cc1nc2sc(C(c3ccccc3)N3CCc4ccccc4C3)c(O)n2n1. The van der Waals surface area contributed by atoms with E-state index in [9.17, 15) is 5.11 Å². The molecule has 0 fully saturated rings. The third-order valence-corrected chi connectivity index (χ3v) is 6.27. The predicted molar refractivity (Wildman–Crippen MR) is 106 cm³/mol. The van der Waals surface area contributed by atoms with Crippen LogP contribution in [0.4, 0.5) is 0 Å². The number of hydrogen-bond donors (Lipinski definition) is 1. The second-order valence-electron chi connectivity index (χ2n) is 6.95. The highest BCUT2D eigenvalue weighted by molar-refractivity contribution is 7.17. The molecular formula is C21H20N4OS. The van der Waals surface area contributed by atoms with Gasteiger partial charge in [-0.25, -0.2) is 4.98 Å². The summed E-state index contributed by atoms with van der Waals surface area (Å²) in [6.45, 7) is 3.65. The minimum absolute atomic E-state index is 0.0200. The molecule has 2 aromatic carbocycles. The zero-order chi connectivity index (χ0) is 18.4. The second kappa shape index (κ2) is 6.48. The van der Waals surface area contributed by atoms with Crippen molar-refractivity contribution in [3.8, 4) is 5.88 Å². The van der Waals surface area contributed by atoms with Gasteiger partial charge in [-0.05, 0) is 30.0 Å². The van der Waals surface area contributed by atoms with E-state index in [-0.39, 0.29) is 11.9 Å². The Kier molecular flexibility index (Phi) is 3.95. The van der Waals surface area contributed by atoms with Gasteiger partial charge in [-0.1, -0.05) is 65.9 Å². The van der Waals surface area contributed by atoms with Gasteiger partial charge in [0.25, 0.3) is 0 Å². The Hall–Kier alpha value is -2.70. The molecule has 3 heterocycles. The molecule has 1 aliphatic rings. The summed E-state index contributed by atoms with van der Waals surface area (Å²) in [7, 11) is 0. The second-order valence-corrected chi connectivity index (χ2v) is 7.95. The molecule has 1 unspecified atom stereocenters. The van der Waals surface area contributed by atoms with Crippen LogP contribution in [0, 0.1) is 6.92 Å². The average molecular weight is 376 g/mol. The Morgan fingerprint density at radius 2 is 1.78 bits per heavy atom. The third kappa shape index (κ3) is 2.81. The van der Waals surface area contributed by atoms with Crippen molar-refractivity contribution >= 4 is 16.3 Å². The van der Waals surface area contributed by atoms with Gasteiger partial charge in [-0.15, -0.1) is 5.10 Å². The number of aromatic hydroxyl groups is 1. The fourth-order valence-corrected chi connectivity index (χ4v) is 5.09. The maximum atomic E-state index is 10.9. The molecule has 4 aromatic rings. The Morgan fingerprint density at radius 3 is 2.56 bits per heavy atom. The van der Waals surface area contributed by atoms with Crippen molar-refractivity contribution in [1.29, 1.82) is 0 Å². The van der Waals surface area contributed by atoms with E-state index in [1.54, 1.807) is 4.52 Å². The quantitative estimate of drug-likeness (QED) is 0.588. The molecule has 1 N–H and O–H groups in total. The Morgan fingerprint density at radius 1 is 1.04 bits per heavy atom. The number of hydrogen-bond acceptors (Lipinski definition) is 5. The molecule has 0 spiro atoms. The van der Waals surface area contributed by atoms with Gasteiger partial charge in [0, 0.05) is 13.1 Å². The van der Waals surface area contributed by atoms with Crippen LogP contribution < -0.4 is 0 Å². The predicted octanol–water partition coefficient (Wildman–Crippen LogP) is 3.95. The van der Waals surface area contributed by atoms with Crippen molar-refractivity contribution in [2.75, 3.05) is 6.54 Å². The highest BCUT2D eigenvalue weighted by Crippen LogP contribution is 2.41. The van der Waals surface area contributed by atoms with Crippen molar-refractivity contribution in [2.24, 2.45) is 0 Å². The number of aryl methyl sites for hydroxylation is 1. The van der Waals surface area contributed by atoms with Crippen LogP contribution in [0.25, 0.3) is 4.96 Å². The van der Waals surface area contributed by atoms with Gasteiger partial charge >= 0.3 is 0 Å². The van der Waals surface area contributed by atoms with Gasteiger partial charge in [0.15, 0.2) is 0 Å². The van der Waals surface area contributed by atoms with E-state index in [1.165, 1.54) is 28.0 Å². The molecule has 0 radical (unpaired) electrons. The molecule has 1 aliphatic heterocycles. The number of nitrogens with zero attached hydrogens (tertiary/aromatic N) is 4. The number of benzene rings is 2. The van der Waals surface area contributed by atoms with E-state index >= 15 is 0 Å². The first kappa shape index (κ1) is 16.5. The summed E-state index contributed by atoms with van der Waals surface area (Å²) in [5.41, 5.74) is 3.95. The maximum Gasteiger partial charge on any atom is 0.230 e. The van der Waals surface area contributed by atoms with Crippen molar-refractivity contribution in [3.63, 3.8) is 0 Å². The summed E-state index contributed by atoms with van der Waals surface area (Å²) < 4.78 is 1.56. The number of thiazole rings is 1. The van der Waals surface area contributed by atoms with E-state index < -0.39 is 0 Å². The monoisotopic (exact) mass is 376 g/mol. The summed E-state index contributed by atoms with van der Waals surface area (Å²) in [5.74, 6) is 0.870. The number of rotatable bonds is 3. The summed E-state index contributed by atoms with van der Waals surface area (Å²) in [6, 6.07) is 19.0. The van der Waals surface area contributed by atoms with Crippen molar-refractivity contribution < 1.29 is 5.11 Å². The fourth-order valence-electron chi connectivity index (χ4n) is 3.93. The van der Waals surface area contributed by atoms with Crippen LogP contribution in [-0.4, -0.2) is 31.1 Å². The standard InChI is InChI=1S/C21H20N4OS/c1-14-22-21-25(23-14)20(26)19(27-21)18(16-8-3-2-4-9-16)24-12-11-15-7-5-6-10-17(15)13-24/h2-10,18,26H,11-13H2,1H3. The molecular weight excluding hydrogens is 356 g/mol. The first-order valence-corrected chi connectivity index (χ1v) is 9.93. The van der Waals surface area contributed by atoms with Crippen LogP contribution in [0.2, 0.25) is 0 Å². The van der Waals surface area contributed by atoms with Crippen LogP contribution in [0.15, 0.2) is 54.6 Å². The maximum absolute atomic E-state index is 10.9. The zero-order valence-electron chi connectivity index (χ0n) is 15.0. The third-order valence-electron chi connectivity index (χ3n) is 5.19. The Labute approximate surface area is 161 Å². The van der Waals surface area contributed by atoms with Crippen molar-refractivity contribution in [2.45, 2.75) is 25.9 Å². The lowest BCUT2D eigenvalue weighted by atomic mass is 9.96. The largest absolute Gasteiger partial charge is 0.492 e. The van der Waals surface area contributed by atoms with Crippen LogP contribution >= 0.6 is 11.3 Å². The molecule has 5 rings (SSSR count). The summed E-state index contributed by atoms with van der Waals surface area (Å²) >= 11 is 1.52. The molecule has 2 aromatic heterocycles.